The van der Waals surface area contributed by atoms with Gasteiger partial charge in [0.15, 0.2) is 0 Å². The highest BCUT2D eigenvalue weighted by Gasteiger charge is 2.30. The van der Waals surface area contributed by atoms with Gasteiger partial charge < -0.3 is 14.5 Å². The first-order chi connectivity index (χ1) is 10.8. The SMILES string of the molecule is CNS(=O)(=O)c1c(C)oc(C)c1C(=O)Nc1ccccc1OC. The molecule has 0 bridgehead atoms. The third-order valence-corrected chi connectivity index (χ3v) is 4.89. The second-order valence-corrected chi connectivity index (χ2v) is 6.60. The van der Waals surface area contributed by atoms with E-state index in [9.17, 15) is 13.2 Å². The molecule has 2 rings (SSSR count). The van der Waals surface area contributed by atoms with Crippen molar-refractivity contribution in [2.24, 2.45) is 0 Å². The Labute approximate surface area is 134 Å². The van der Waals surface area contributed by atoms with Gasteiger partial charge in [-0.1, -0.05) is 12.1 Å². The van der Waals surface area contributed by atoms with E-state index in [2.05, 4.69) is 10.0 Å². The number of para-hydroxylation sites is 2. The van der Waals surface area contributed by atoms with Crippen LogP contribution in [0.15, 0.2) is 33.6 Å². The van der Waals surface area contributed by atoms with Crippen LogP contribution in [0.4, 0.5) is 5.69 Å². The Balaban J connectivity index is 2.49. The van der Waals surface area contributed by atoms with E-state index in [1.165, 1.54) is 21.1 Å². The molecule has 7 nitrogen and oxygen atoms in total. The molecule has 0 saturated heterocycles. The van der Waals surface area contributed by atoms with Crippen molar-refractivity contribution in [3.63, 3.8) is 0 Å². The average Bonchev–Trinajstić information content (AvgIpc) is 2.83. The van der Waals surface area contributed by atoms with Crippen LogP contribution in [0, 0.1) is 13.8 Å². The van der Waals surface area contributed by atoms with Gasteiger partial charge in [-0.25, -0.2) is 13.1 Å². The maximum atomic E-state index is 12.6. The third kappa shape index (κ3) is 3.22. The number of carbonyl (C=O) groups is 1. The molecule has 2 N–H and O–H groups in total. The molecule has 0 aliphatic carbocycles. The fourth-order valence-electron chi connectivity index (χ4n) is 2.28. The Bertz CT molecular complexity index is 840. The van der Waals surface area contributed by atoms with Crippen molar-refractivity contribution >= 4 is 21.6 Å². The normalized spacial score (nSPS) is 11.3. The monoisotopic (exact) mass is 338 g/mol. The number of nitrogens with one attached hydrogen (secondary N) is 2. The van der Waals surface area contributed by atoms with Crippen molar-refractivity contribution in [1.82, 2.24) is 4.72 Å². The van der Waals surface area contributed by atoms with E-state index in [1.54, 1.807) is 31.2 Å². The number of ether oxygens (including phenoxy) is 1. The predicted octanol–water partition coefficient (Wildman–Crippen LogP) is 2.07. The molecule has 1 aromatic heterocycles. The maximum absolute atomic E-state index is 12.6. The highest BCUT2D eigenvalue weighted by Crippen LogP contribution is 2.29. The van der Waals surface area contributed by atoms with Gasteiger partial charge in [-0.05, 0) is 33.0 Å². The lowest BCUT2D eigenvalue weighted by Crippen LogP contribution is -2.23. The largest absolute Gasteiger partial charge is 0.495 e. The Hall–Kier alpha value is -2.32. The molecule has 0 radical (unpaired) electrons. The molecule has 1 heterocycles. The zero-order chi connectivity index (χ0) is 17.2. The van der Waals surface area contributed by atoms with Crippen LogP contribution in [0.5, 0.6) is 5.75 Å². The van der Waals surface area contributed by atoms with Crippen molar-refractivity contribution in [2.75, 3.05) is 19.5 Å². The zero-order valence-corrected chi connectivity index (χ0v) is 14.1. The Kier molecular flexibility index (Phi) is 4.76. The van der Waals surface area contributed by atoms with Crippen molar-refractivity contribution < 1.29 is 22.4 Å². The number of furan rings is 1. The quantitative estimate of drug-likeness (QED) is 0.870. The molecule has 1 amide bonds. The number of amides is 1. The number of hydrogen-bond acceptors (Lipinski definition) is 5. The Morgan fingerprint density at radius 3 is 2.43 bits per heavy atom. The summed E-state index contributed by atoms with van der Waals surface area (Å²) in [5.74, 6) is 0.264. The number of benzene rings is 1. The molecule has 2 aromatic rings. The summed E-state index contributed by atoms with van der Waals surface area (Å²) in [6.07, 6.45) is 0. The van der Waals surface area contributed by atoms with Crippen LogP contribution in [0.25, 0.3) is 0 Å². The predicted molar refractivity (Wildman–Crippen MR) is 85.4 cm³/mol. The van der Waals surface area contributed by atoms with Crippen LogP contribution in [0.2, 0.25) is 0 Å². The zero-order valence-electron chi connectivity index (χ0n) is 13.3. The summed E-state index contributed by atoms with van der Waals surface area (Å²) in [5.41, 5.74) is 0.411. The van der Waals surface area contributed by atoms with E-state index in [1.807, 2.05) is 0 Å². The summed E-state index contributed by atoms with van der Waals surface area (Å²) >= 11 is 0. The van der Waals surface area contributed by atoms with Crippen molar-refractivity contribution in [1.29, 1.82) is 0 Å². The topological polar surface area (TPSA) is 97.6 Å². The van der Waals surface area contributed by atoms with Crippen LogP contribution in [0.3, 0.4) is 0 Å². The molecule has 23 heavy (non-hydrogen) atoms. The summed E-state index contributed by atoms with van der Waals surface area (Å²) < 4.78 is 37.0. The standard InChI is InChI=1S/C15H18N2O5S/c1-9-13(14(10(2)22-9)23(19,20)16-3)15(18)17-11-7-5-6-8-12(11)21-4/h5-8,16H,1-4H3,(H,17,18). The van der Waals surface area contributed by atoms with Crippen LogP contribution >= 0.6 is 0 Å². The molecule has 0 unspecified atom stereocenters. The van der Waals surface area contributed by atoms with Gasteiger partial charge in [-0.15, -0.1) is 0 Å². The number of rotatable bonds is 5. The summed E-state index contributed by atoms with van der Waals surface area (Å²) in [4.78, 5) is 12.4. The number of aryl methyl sites for hydroxylation is 2. The maximum Gasteiger partial charge on any atom is 0.260 e. The number of anilines is 1. The Morgan fingerprint density at radius 1 is 1.17 bits per heavy atom. The van der Waals surface area contributed by atoms with E-state index >= 15 is 0 Å². The van der Waals surface area contributed by atoms with E-state index in [-0.39, 0.29) is 22.0 Å². The van der Waals surface area contributed by atoms with Gasteiger partial charge in [0.1, 0.15) is 27.7 Å². The molecule has 0 aliphatic heterocycles. The van der Waals surface area contributed by atoms with Crippen LogP contribution in [0.1, 0.15) is 21.9 Å². The van der Waals surface area contributed by atoms with Gasteiger partial charge in [0.05, 0.1) is 12.8 Å². The molecule has 0 atom stereocenters. The highest BCUT2D eigenvalue weighted by molar-refractivity contribution is 7.89. The van der Waals surface area contributed by atoms with E-state index in [0.717, 1.165) is 0 Å². The first-order valence-corrected chi connectivity index (χ1v) is 8.28. The lowest BCUT2D eigenvalue weighted by Gasteiger charge is -2.10. The summed E-state index contributed by atoms with van der Waals surface area (Å²) in [7, 11) is -1.07. The first-order valence-electron chi connectivity index (χ1n) is 6.79. The lowest BCUT2D eigenvalue weighted by atomic mass is 10.2. The third-order valence-electron chi connectivity index (χ3n) is 3.32. The molecule has 0 fully saturated rings. The second-order valence-electron chi connectivity index (χ2n) is 4.78. The molecular weight excluding hydrogens is 320 g/mol. The second kappa shape index (κ2) is 6.43. The highest BCUT2D eigenvalue weighted by atomic mass is 32.2. The van der Waals surface area contributed by atoms with Crippen LogP contribution in [-0.2, 0) is 10.0 Å². The van der Waals surface area contributed by atoms with Gasteiger partial charge in [-0.3, -0.25) is 4.79 Å². The van der Waals surface area contributed by atoms with Crippen molar-refractivity contribution in [3.05, 3.63) is 41.3 Å². The molecule has 0 aliphatic rings. The van der Waals surface area contributed by atoms with Gasteiger partial charge in [0.2, 0.25) is 10.0 Å². The smallest absolute Gasteiger partial charge is 0.260 e. The van der Waals surface area contributed by atoms with Crippen LogP contribution < -0.4 is 14.8 Å². The number of hydrogen-bond donors (Lipinski definition) is 2. The molecule has 1 aromatic carbocycles. The first kappa shape index (κ1) is 17.0. The summed E-state index contributed by atoms with van der Waals surface area (Å²) in [6, 6.07) is 6.84. The van der Waals surface area contributed by atoms with Gasteiger partial charge >= 0.3 is 0 Å². The average molecular weight is 338 g/mol. The lowest BCUT2D eigenvalue weighted by molar-refractivity contribution is 0.102. The van der Waals surface area contributed by atoms with Crippen molar-refractivity contribution in [3.8, 4) is 5.75 Å². The van der Waals surface area contributed by atoms with Gasteiger partial charge in [-0.2, -0.15) is 0 Å². The van der Waals surface area contributed by atoms with Gasteiger partial charge in [0, 0.05) is 0 Å². The molecule has 124 valence electrons. The minimum atomic E-state index is -3.83. The fraction of sp³-hybridized carbons (Fsp3) is 0.267. The Morgan fingerprint density at radius 2 is 1.83 bits per heavy atom. The summed E-state index contributed by atoms with van der Waals surface area (Å²) in [6.45, 7) is 3.04. The number of methoxy groups -OCH3 is 1. The van der Waals surface area contributed by atoms with E-state index < -0.39 is 15.9 Å². The van der Waals surface area contributed by atoms with E-state index in [0.29, 0.717) is 11.4 Å². The number of carbonyl (C=O) groups excluding carboxylic acids is 1. The fourth-order valence-corrected chi connectivity index (χ4v) is 3.41. The van der Waals surface area contributed by atoms with E-state index in [4.69, 9.17) is 9.15 Å². The van der Waals surface area contributed by atoms with Gasteiger partial charge in [0.25, 0.3) is 5.91 Å². The molecule has 8 heteroatoms. The van der Waals surface area contributed by atoms with Crippen LogP contribution in [-0.4, -0.2) is 28.5 Å². The molecule has 0 saturated carbocycles. The minimum absolute atomic E-state index is 0.0252. The van der Waals surface area contributed by atoms with Crippen molar-refractivity contribution in [2.45, 2.75) is 18.7 Å². The summed E-state index contributed by atoms with van der Waals surface area (Å²) in [5, 5.41) is 2.65. The molecular formula is C15H18N2O5S. The minimum Gasteiger partial charge on any atom is -0.495 e. The number of sulfonamides is 1. The molecule has 0 spiro atoms.